The number of rotatable bonds is 8. The molecule has 3 heteroatoms. The summed E-state index contributed by atoms with van der Waals surface area (Å²) in [6.07, 6.45) is 7.01. The molecular formula is C19H28O3. The van der Waals surface area contributed by atoms with Crippen LogP contribution >= 0.6 is 0 Å². The van der Waals surface area contributed by atoms with Gasteiger partial charge in [0.25, 0.3) is 0 Å². The van der Waals surface area contributed by atoms with Crippen LogP contribution in [0.3, 0.4) is 0 Å². The van der Waals surface area contributed by atoms with E-state index >= 15 is 0 Å². The normalized spacial score (nSPS) is 20.9. The van der Waals surface area contributed by atoms with Gasteiger partial charge in [-0.3, -0.25) is 0 Å². The van der Waals surface area contributed by atoms with Gasteiger partial charge in [-0.05, 0) is 48.8 Å². The Morgan fingerprint density at radius 2 is 1.91 bits per heavy atom. The van der Waals surface area contributed by atoms with Gasteiger partial charge in [-0.1, -0.05) is 36.8 Å². The first-order valence-electron chi connectivity index (χ1n) is 8.19. The molecule has 1 aromatic rings. The Bertz CT molecular complexity index is 453. The zero-order chi connectivity index (χ0) is 15.6. The Morgan fingerprint density at radius 1 is 1.09 bits per heavy atom. The van der Waals surface area contributed by atoms with Crippen LogP contribution in [0.25, 0.3) is 0 Å². The summed E-state index contributed by atoms with van der Waals surface area (Å²) < 4.78 is 16.4. The number of hydrogen-bond donors (Lipinski definition) is 0. The fraction of sp³-hybridized carbons (Fsp3) is 0.579. The van der Waals surface area contributed by atoms with Crippen molar-refractivity contribution in [2.75, 3.05) is 27.6 Å². The van der Waals surface area contributed by atoms with Crippen molar-refractivity contribution in [1.29, 1.82) is 0 Å². The lowest BCUT2D eigenvalue weighted by atomic mass is 9.86. The maximum Gasteiger partial charge on any atom is 0.147 e. The van der Waals surface area contributed by atoms with E-state index in [-0.39, 0.29) is 6.10 Å². The van der Waals surface area contributed by atoms with Crippen LogP contribution in [0.2, 0.25) is 0 Å². The van der Waals surface area contributed by atoms with Crippen molar-refractivity contribution >= 4 is 0 Å². The second-order valence-electron chi connectivity index (χ2n) is 5.86. The molecule has 0 amide bonds. The zero-order valence-corrected chi connectivity index (χ0v) is 13.8. The lowest BCUT2D eigenvalue weighted by Gasteiger charge is -2.28. The van der Waals surface area contributed by atoms with Crippen molar-refractivity contribution in [2.24, 2.45) is 0 Å². The van der Waals surface area contributed by atoms with E-state index in [2.05, 4.69) is 30.3 Å². The predicted octanol–water partition coefficient (Wildman–Crippen LogP) is 4.13. The van der Waals surface area contributed by atoms with Crippen LogP contribution in [0.15, 0.2) is 41.5 Å². The average molecular weight is 304 g/mol. The van der Waals surface area contributed by atoms with Crippen LogP contribution in [-0.2, 0) is 20.6 Å². The molecule has 22 heavy (non-hydrogen) atoms. The second-order valence-corrected chi connectivity index (χ2v) is 5.86. The molecule has 1 saturated carbocycles. The molecule has 0 heterocycles. The largest absolute Gasteiger partial charge is 0.380 e. The van der Waals surface area contributed by atoms with Gasteiger partial charge in [0.2, 0.25) is 0 Å². The van der Waals surface area contributed by atoms with Crippen LogP contribution in [-0.4, -0.2) is 33.7 Å². The fourth-order valence-electron chi connectivity index (χ4n) is 3.16. The molecule has 122 valence electrons. The summed E-state index contributed by atoms with van der Waals surface area (Å²) in [4.78, 5) is 0. The number of benzene rings is 1. The molecule has 1 atom stereocenters. The van der Waals surface area contributed by atoms with E-state index in [0.717, 1.165) is 25.7 Å². The van der Waals surface area contributed by atoms with Gasteiger partial charge in [-0.2, -0.15) is 0 Å². The van der Waals surface area contributed by atoms with Gasteiger partial charge in [0.15, 0.2) is 0 Å². The maximum absolute atomic E-state index is 5.89. The fourth-order valence-corrected chi connectivity index (χ4v) is 3.16. The van der Waals surface area contributed by atoms with Gasteiger partial charge >= 0.3 is 0 Å². The minimum atomic E-state index is 0.203. The van der Waals surface area contributed by atoms with Crippen molar-refractivity contribution in [3.63, 3.8) is 0 Å². The third-order valence-corrected chi connectivity index (χ3v) is 4.27. The zero-order valence-electron chi connectivity index (χ0n) is 13.8. The lowest BCUT2D eigenvalue weighted by molar-refractivity contribution is -0.0661. The van der Waals surface area contributed by atoms with E-state index in [0.29, 0.717) is 13.4 Å². The molecule has 0 bridgehead atoms. The Morgan fingerprint density at radius 3 is 2.64 bits per heavy atom. The standard InChI is InChI=1S/C19H28O3/c1-20-14-17(13-12-16-8-4-3-5-9-16)18-10-6-7-11-19(18)22-15-21-2/h3-5,8-9,19H,6-7,10-15H2,1-2H3/b18-17-. The molecule has 0 saturated heterocycles. The summed E-state index contributed by atoms with van der Waals surface area (Å²) in [5.41, 5.74) is 4.23. The summed E-state index contributed by atoms with van der Waals surface area (Å²) in [5.74, 6) is 0. The molecule has 0 aromatic heterocycles. The van der Waals surface area contributed by atoms with Crippen molar-refractivity contribution in [3.05, 3.63) is 47.0 Å². The van der Waals surface area contributed by atoms with Crippen LogP contribution in [0, 0.1) is 0 Å². The highest BCUT2D eigenvalue weighted by Gasteiger charge is 2.22. The highest BCUT2D eigenvalue weighted by molar-refractivity contribution is 5.23. The average Bonchev–Trinajstić information content (AvgIpc) is 2.58. The first-order valence-corrected chi connectivity index (χ1v) is 8.19. The summed E-state index contributed by atoms with van der Waals surface area (Å²) in [6, 6.07) is 10.6. The SMILES string of the molecule is COCOC1CCCC/C1=C(\CCc1ccccc1)COC. The molecule has 0 radical (unpaired) electrons. The van der Waals surface area contributed by atoms with E-state index in [1.54, 1.807) is 14.2 Å². The summed E-state index contributed by atoms with van der Waals surface area (Å²) in [5, 5.41) is 0. The lowest BCUT2D eigenvalue weighted by Crippen LogP contribution is -2.23. The minimum Gasteiger partial charge on any atom is -0.380 e. The van der Waals surface area contributed by atoms with Crippen molar-refractivity contribution < 1.29 is 14.2 Å². The minimum absolute atomic E-state index is 0.203. The highest BCUT2D eigenvalue weighted by atomic mass is 16.7. The van der Waals surface area contributed by atoms with Crippen LogP contribution < -0.4 is 0 Å². The van der Waals surface area contributed by atoms with Crippen LogP contribution in [0.1, 0.15) is 37.7 Å². The van der Waals surface area contributed by atoms with Crippen molar-refractivity contribution in [1.82, 2.24) is 0 Å². The second kappa shape index (κ2) is 9.78. The molecular weight excluding hydrogens is 276 g/mol. The van der Waals surface area contributed by atoms with Crippen molar-refractivity contribution in [3.8, 4) is 0 Å². The monoisotopic (exact) mass is 304 g/mol. The summed E-state index contributed by atoms with van der Waals surface area (Å²) >= 11 is 0. The van der Waals surface area contributed by atoms with Crippen LogP contribution in [0.4, 0.5) is 0 Å². The van der Waals surface area contributed by atoms with Gasteiger partial charge in [0, 0.05) is 14.2 Å². The van der Waals surface area contributed by atoms with E-state index in [4.69, 9.17) is 14.2 Å². The topological polar surface area (TPSA) is 27.7 Å². The molecule has 1 aliphatic rings. The smallest absolute Gasteiger partial charge is 0.147 e. The Labute approximate surface area is 134 Å². The molecule has 1 fully saturated rings. The summed E-state index contributed by atoms with van der Waals surface area (Å²) in [7, 11) is 3.45. The molecule has 0 aliphatic heterocycles. The van der Waals surface area contributed by atoms with Gasteiger partial charge in [0.1, 0.15) is 6.79 Å². The number of aryl methyl sites for hydroxylation is 1. The first-order chi connectivity index (χ1) is 10.8. The molecule has 0 spiro atoms. The van der Waals surface area contributed by atoms with Gasteiger partial charge in [-0.15, -0.1) is 0 Å². The molecule has 1 unspecified atom stereocenters. The van der Waals surface area contributed by atoms with Crippen LogP contribution in [0.5, 0.6) is 0 Å². The summed E-state index contributed by atoms with van der Waals surface area (Å²) in [6.45, 7) is 1.07. The quantitative estimate of drug-likeness (QED) is 0.534. The van der Waals surface area contributed by atoms with E-state index in [1.807, 2.05) is 0 Å². The Balaban J connectivity index is 2.07. The molecule has 0 N–H and O–H groups in total. The number of ether oxygens (including phenoxy) is 3. The third kappa shape index (κ3) is 5.24. The number of hydrogen-bond acceptors (Lipinski definition) is 3. The molecule has 2 rings (SSSR count). The maximum atomic E-state index is 5.89. The van der Waals surface area contributed by atoms with Gasteiger partial charge in [-0.25, -0.2) is 0 Å². The van der Waals surface area contributed by atoms with E-state index in [1.165, 1.54) is 29.6 Å². The van der Waals surface area contributed by atoms with Gasteiger partial charge in [0.05, 0.1) is 12.7 Å². The highest BCUT2D eigenvalue weighted by Crippen LogP contribution is 2.30. The molecule has 1 aromatic carbocycles. The Hall–Kier alpha value is -1.16. The first kappa shape index (κ1) is 17.2. The predicted molar refractivity (Wildman–Crippen MR) is 88.9 cm³/mol. The third-order valence-electron chi connectivity index (χ3n) is 4.27. The van der Waals surface area contributed by atoms with E-state index in [9.17, 15) is 0 Å². The number of methoxy groups -OCH3 is 2. The van der Waals surface area contributed by atoms with Crippen molar-refractivity contribution in [2.45, 2.75) is 44.6 Å². The Kier molecular flexibility index (Phi) is 7.64. The molecule has 1 aliphatic carbocycles. The van der Waals surface area contributed by atoms with E-state index < -0.39 is 0 Å². The van der Waals surface area contributed by atoms with Gasteiger partial charge < -0.3 is 14.2 Å². The molecule has 3 nitrogen and oxygen atoms in total.